The van der Waals surface area contributed by atoms with E-state index in [1.807, 2.05) is 32.0 Å². The number of benzene rings is 1. The Balaban J connectivity index is 2.09. The number of ether oxygens (including phenoxy) is 1. The van der Waals surface area contributed by atoms with Crippen LogP contribution in [0.5, 0.6) is 0 Å². The van der Waals surface area contributed by atoms with Crippen molar-refractivity contribution in [3.8, 4) is 0 Å². The molecule has 2 rings (SSSR count). The molecule has 2 N–H and O–H groups in total. The van der Waals surface area contributed by atoms with Crippen molar-refractivity contribution in [2.45, 2.75) is 45.3 Å². The fourth-order valence-corrected chi connectivity index (χ4v) is 2.62. The third-order valence-corrected chi connectivity index (χ3v) is 3.89. The van der Waals surface area contributed by atoms with E-state index in [4.69, 9.17) is 4.74 Å². The van der Waals surface area contributed by atoms with Gasteiger partial charge in [-0.05, 0) is 43.4 Å². The van der Waals surface area contributed by atoms with Gasteiger partial charge in [0.15, 0.2) is 0 Å². The summed E-state index contributed by atoms with van der Waals surface area (Å²) in [5.41, 5.74) is 3.04. The lowest BCUT2D eigenvalue weighted by atomic mass is 9.96. The predicted molar refractivity (Wildman–Crippen MR) is 78.2 cm³/mol. The van der Waals surface area contributed by atoms with Gasteiger partial charge in [0.2, 0.25) is 5.91 Å². The zero-order valence-electron chi connectivity index (χ0n) is 12.4. The topological polar surface area (TPSA) is 75.6 Å². The summed E-state index contributed by atoms with van der Waals surface area (Å²) in [6.45, 7) is 4.46. The number of nitrogens with one attached hydrogen (secondary N) is 1. The van der Waals surface area contributed by atoms with E-state index >= 15 is 0 Å². The van der Waals surface area contributed by atoms with Gasteiger partial charge in [-0.25, -0.2) is 4.79 Å². The Morgan fingerprint density at radius 1 is 1.38 bits per heavy atom. The van der Waals surface area contributed by atoms with Crippen molar-refractivity contribution < 1.29 is 19.4 Å². The molecular weight excluding hydrogens is 270 g/mol. The van der Waals surface area contributed by atoms with Crippen molar-refractivity contribution in [1.82, 2.24) is 5.32 Å². The van der Waals surface area contributed by atoms with Gasteiger partial charge in [-0.2, -0.15) is 0 Å². The summed E-state index contributed by atoms with van der Waals surface area (Å²) in [4.78, 5) is 23.4. The average molecular weight is 291 g/mol. The second-order valence-corrected chi connectivity index (χ2v) is 5.48. The zero-order valence-corrected chi connectivity index (χ0v) is 12.4. The highest BCUT2D eigenvalue weighted by Gasteiger charge is 2.28. The smallest absolute Gasteiger partial charge is 0.326 e. The number of carboxylic acids is 1. The lowest BCUT2D eigenvalue weighted by molar-refractivity contribution is -0.143. The lowest BCUT2D eigenvalue weighted by Crippen LogP contribution is -2.46. The molecule has 1 heterocycles. The number of carbonyl (C=O) groups excluding carboxylic acids is 1. The largest absolute Gasteiger partial charge is 0.480 e. The van der Waals surface area contributed by atoms with Crippen molar-refractivity contribution >= 4 is 11.9 Å². The predicted octanol–water partition coefficient (Wildman–Crippen LogP) is 1.59. The van der Waals surface area contributed by atoms with Gasteiger partial charge in [0, 0.05) is 13.0 Å². The number of carboxylic acid groups (broad SMARTS) is 1. The van der Waals surface area contributed by atoms with Crippen molar-refractivity contribution in [3.05, 3.63) is 34.9 Å². The molecule has 0 radical (unpaired) electrons. The number of hydrogen-bond donors (Lipinski definition) is 2. The molecule has 114 valence electrons. The van der Waals surface area contributed by atoms with Gasteiger partial charge in [0.25, 0.3) is 0 Å². The van der Waals surface area contributed by atoms with Crippen LogP contribution in [0.3, 0.4) is 0 Å². The first-order valence-electron chi connectivity index (χ1n) is 7.19. The maximum atomic E-state index is 12.0. The molecule has 5 heteroatoms. The van der Waals surface area contributed by atoms with Crippen LogP contribution in [-0.4, -0.2) is 35.7 Å². The molecule has 1 fully saturated rings. The summed E-state index contributed by atoms with van der Waals surface area (Å²) in [5, 5.41) is 12.0. The Kier molecular flexibility index (Phi) is 4.96. The summed E-state index contributed by atoms with van der Waals surface area (Å²) in [6.07, 6.45) is 1.27. The van der Waals surface area contributed by atoms with Crippen molar-refractivity contribution in [2.75, 3.05) is 6.61 Å². The summed E-state index contributed by atoms with van der Waals surface area (Å²) in [7, 11) is 0. The first-order chi connectivity index (χ1) is 9.99. The van der Waals surface area contributed by atoms with Crippen molar-refractivity contribution in [3.63, 3.8) is 0 Å². The van der Waals surface area contributed by atoms with E-state index in [9.17, 15) is 14.7 Å². The minimum atomic E-state index is -1.02. The number of rotatable bonds is 5. The molecule has 1 aliphatic rings. The lowest BCUT2D eigenvalue weighted by Gasteiger charge is -2.19. The minimum Gasteiger partial charge on any atom is -0.480 e. The Labute approximate surface area is 124 Å². The van der Waals surface area contributed by atoms with Crippen LogP contribution in [0.4, 0.5) is 0 Å². The molecule has 21 heavy (non-hydrogen) atoms. The van der Waals surface area contributed by atoms with E-state index in [1.54, 1.807) is 0 Å². The van der Waals surface area contributed by atoms with Crippen molar-refractivity contribution in [2.24, 2.45) is 0 Å². The van der Waals surface area contributed by atoms with Gasteiger partial charge < -0.3 is 15.2 Å². The molecule has 0 saturated carbocycles. The standard InChI is InChI=1S/C16H21NO4/c1-10-5-3-6-11(2)12(10)9-13(16(19)20)17-15(18)14-7-4-8-21-14/h3,5-6,13-14H,4,7-9H2,1-2H3,(H,17,18)(H,19,20)/t13-,14-/m1/s1. The SMILES string of the molecule is Cc1cccc(C)c1C[C@@H](NC(=O)[C@H]1CCCO1)C(=O)O. The van der Waals surface area contributed by atoms with Crippen molar-refractivity contribution in [1.29, 1.82) is 0 Å². The molecule has 1 aromatic rings. The van der Waals surface area contributed by atoms with Gasteiger partial charge >= 0.3 is 5.97 Å². The molecule has 0 aromatic heterocycles. The molecule has 1 aliphatic heterocycles. The van der Waals surface area contributed by atoms with Crippen LogP contribution < -0.4 is 5.32 Å². The van der Waals surface area contributed by atoms with Crippen LogP contribution in [0.2, 0.25) is 0 Å². The van der Waals surface area contributed by atoms with E-state index in [0.717, 1.165) is 23.1 Å². The highest BCUT2D eigenvalue weighted by atomic mass is 16.5. The van der Waals surface area contributed by atoms with Crippen LogP contribution in [0.1, 0.15) is 29.5 Å². The van der Waals surface area contributed by atoms with Gasteiger partial charge in [0.05, 0.1) is 0 Å². The number of hydrogen-bond acceptors (Lipinski definition) is 3. The summed E-state index contributed by atoms with van der Waals surface area (Å²) in [5.74, 6) is -1.35. The summed E-state index contributed by atoms with van der Waals surface area (Å²) in [6, 6.07) is 4.91. The zero-order chi connectivity index (χ0) is 15.4. The third kappa shape index (κ3) is 3.82. The molecule has 1 aromatic carbocycles. The average Bonchev–Trinajstić information content (AvgIpc) is 2.95. The van der Waals surface area contributed by atoms with E-state index in [-0.39, 0.29) is 12.3 Å². The van der Waals surface area contributed by atoms with Crippen LogP contribution in [0, 0.1) is 13.8 Å². The molecule has 0 unspecified atom stereocenters. The summed E-state index contributed by atoms with van der Waals surface area (Å²) >= 11 is 0. The Bertz CT molecular complexity index is 515. The van der Waals surface area contributed by atoms with Gasteiger partial charge in [-0.3, -0.25) is 4.79 Å². The fraction of sp³-hybridized carbons (Fsp3) is 0.500. The maximum Gasteiger partial charge on any atom is 0.326 e. The molecule has 0 spiro atoms. The van der Waals surface area contributed by atoms with Gasteiger partial charge in [0.1, 0.15) is 12.1 Å². The van der Waals surface area contributed by atoms with E-state index in [1.165, 1.54) is 0 Å². The molecule has 1 amide bonds. The highest BCUT2D eigenvalue weighted by molar-refractivity contribution is 5.86. The third-order valence-electron chi connectivity index (χ3n) is 3.89. The van der Waals surface area contributed by atoms with Crippen LogP contribution in [0.25, 0.3) is 0 Å². The molecule has 2 atom stereocenters. The minimum absolute atomic E-state index is 0.284. The summed E-state index contributed by atoms with van der Waals surface area (Å²) < 4.78 is 5.29. The molecule has 0 aliphatic carbocycles. The fourth-order valence-electron chi connectivity index (χ4n) is 2.62. The van der Waals surface area contributed by atoms with Crippen LogP contribution in [0.15, 0.2) is 18.2 Å². The molecular formula is C16H21NO4. The molecule has 1 saturated heterocycles. The van der Waals surface area contributed by atoms with Crippen LogP contribution >= 0.6 is 0 Å². The molecule has 5 nitrogen and oxygen atoms in total. The van der Waals surface area contributed by atoms with E-state index in [2.05, 4.69) is 5.32 Å². The number of aliphatic carboxylic acids is 1. The number of aryl methyl sites for hydroxylation is 2. The Morgan fingerprint density at radius 2 is 2.05 bits per heavy atom. The number of amides is 1. The first kappa shape index (κ1) is 15.5. The van der Waals surface area contributed by atoms with E-state index < -0.39 is 18.1 Å². The number of carbonyl (C=O) groups is 2. The highest BCUT2D eigenvalue weighted by Crippen LogP contribution is 2.17. The molecule has 0 bridgehead atoms. The second-order valence-electron chi connectivity index (χ2n) is 5.48. The van der Waals surface area contributed by atoms with Crippen LogP contribution in [-0.2, 0) is 20.7 Å². The normalized spacial score (nSPS) is 19.2. The van der Waals surface area contributed by atoms with Gasteiger partial charge in [-0.1, -0.05) is 18.2 Å². The maximum absolute atomic E-state index is 12.0. The monoisotopic (exact) mass is 291 g/mol. The second kappa shape index (κ2) is 6.72. The Morgan fingerprint density at radius 3 is 2.57 bits per heavy atom. The first-order valence-corrected chi connectivity index (χ1v) is 7.19. The van der Waals surface area contributed by atoms with E-state index in [0.29, 0.717) is 13.0 Å². The van der Waals surface area contributed by atoms with Gasteiger partial charge in [-0.15, -0.1) is 0 Å². The quantitative estimate of drug-likeness (QED) is 0.864. The Hall–Kier alpha value is -1.88.